The van der Waals surface area contributed by atoms with Gasteiger partial charge in [0.25, 0.3) is 0 Å². The van der Waals surface area contributed by atoms with Gasteiger partial charge in [-0.05, 0) is 18.9 Å². The molecular weight excluding hydrogens is 254 g/mol. The Morgan fingerprint density at radius 2 is 2.05 bits per heavy atom. The van der Waals surface area contributed by atoms with E-state index in [1.165, 1.54) is 25.1 Å². The number of hydrogen-bond acceptors (Lipinski definition) is 4. The molecule has 1 amide bonds. The molecule has 1 N–H and O–H groups in total. The van der Waals surface area contributed by atoms with Crippen molar-refractivity contribution in [2.24, 2.45) is 0 Å². The van der Waals surface area contributed by atoms with Crippen LogP contribution < -0.4 is 10.1 Å². The number of aryl methyl sites for hydroxylation is 2. The number of methoxy groups -OCH3 is 1. The van der Waals surface area contributed by atoms with Crippen molar-refractivity contribution in [3.8, 4) is 6.01 Å². The quantitative estimate of drug-likeness (QED) is 0.906. The zero-order chi connectivity index (χ0) is 14.4. The van der Waals surface area contributed by atoms with E-state index in [4.69, 9.17) is 4.74 Å². The summed E-state index contributed by atoms with van der Waals surface area (Å²) in [6, 6.07) is 8.43. The molecule has 0 bridgehead atoms. The maximum absolute atomic E-state index is 11.8. The van der Waals surface area contributed by atoms with E-state index in [0.717, 1.165) is 5.56 Å². The SMILES string of the molecule is COc1ncc(NC(=O)CCc2cccc(C)c2)cn1. The molecule has 0 fully saturated rings. The van der Waals surface area contributed by atoms with Crippen LogP contribution in [0.15, 0.2) is 36.7 Å². The van der Waals surface area contributed by atoms with Crippen LogP contribution in [-0.4, -0.2) is 23.0 Å². The van der Waals surface area contributed by atoms with Gasteiger partial charge in [0.1, 0.15) is 0 Å². The van der Waals surface area contributed by atoms with Crippen LogP contribution in [0.25, 0.3) is 0 Å². The van der Waals surface area contributed by atoms with E-state index in [0.29, 0.717) is 18.5 Å². The Kier molecular flexibility index (Phi) is 4.65. The number of hydrogen-bond donors (Lipinski definition) is 1. The monoisotopic (exact) mass is 271 g/mol. The van der Waals surface area contributed by atoms with Crippen molar-refractivity contribution in [3.63, 3.8) is 0 Å². The van der Waals surface area contributed by atoms with Gasteiger partial charge in [-0.1, -0.05) is 29.8 Å². The van der Waals surface area contributed by atoms with E-state index in [1.807, 2.05) is 25.1 Å². The van der Waals surface area contributed by atoms with Crippen molar-refractivity contribution >= 4 is 11.6 Å². The molecule has 0 aliphatic carbocycles. The molecule has 1 aromatic carbocycles. The van der Waals surface area contributed by atoms with Crippen molar-refractivity contribution in [3.05, 3.63) is 47.8 Å². The minimum absolute atomic E-state index is 0.0553. The smallest absolute Gasteiger partial charge is 0.316 e. The number of carbonyl (C=O) groups is 1. The summed E-state index contributed by atoms with van der Waals surface area (Å²) in [7, 11) is 1.50. The van der Waals surface area contributed by atoms with Gasteiger partial charge in [0.15, 0.2) is 0 Å². The molecule has 0 spiro atoms. The summed E-state index contributed by atoms with van der Waals surface area (Å²) in [5.41, 5.74) is 2.93. The van der Waals surface area contributed by atoms with Gasteiger partial charge in [-0.15, -0.1) is 0 Å². The molecule has 2 aromatic rings. The molecule has 0 aliphatic rings. The largest absolute Gasteiger partial charge is 0.467 e. The van der Waals surface area contributed by atoms with E-state index >= 15 is 0 Å². The Bertz CT molecular complexity index is 582. The standard InChI is InChI=1S/C15H17N3O2/c1-11-4-3-5-12(8-11)6-7-14(19)18-13-9-16-15(20-2)17-10-13/h3-5,8-10H,6-7H2,1-2H3,(H,18,19). The molecule has 5 nitrogen and oxygen atoms in total. The zero-order valence-corrected chi connectivity index (χ0v) is 11.6. The third kappa shape index (κ3) is 4.05. The molecule has 0 saturated carbocycles. The van der Waals surface area contributed by atoms with Gasteiger partial charge in [-0.3, -0.25) is 4.79 Å². The lowest BCUT2D eigenvalue weighted by Gasteiger charge is -2.05. The third-order valence-electron chi connectivity index (χ3n) is 2.82. The summed E-state index contributed by atoms with van der Waals surface area (Å²) in [5, 5.41) is 2.76. The first-order valence-electron chi connectivity index (χ1n) is 6.39. The first kappa shape index (κ1) is 14.0. The van der Waals surface area contributed by atoms with Crippen LogP contribution in [0.4, 0.5) is 5.69 Å². The van der Waals surface area contributed by atoms with Crippen LogP contribution in [0.5, 0.6) is 6.01 Å². The van der Waals surface area contributed by atoms with Gasteiger partial charge in [-0.25, -0.2) is 9.97 Å². The zero-order valence-electron chi connectivity index (χ0n) is 11.6. The van der Waals surface area contributed by atoms with Gasteiger partial charge in [0.05, 0.1) is 25.2 Å². The number of nitrogens with zero attached hydrogens (tertiary/aromatic N) is 2. The fourth-order valence-corrected chi connectivity index (χ4v) is 1.84. The second kappa shape index (κ2) is 6.65. The van der Waals surface area contributed by atoms with E-state index in [2.05, 4.69) is 21.4 Å². The third-order valence-corrected chi connectivity index (χ3v) is 2.82. The molecule has 5 heteroatoms. The number of carbonyl (C=O) groups excluding carboxylic acids is 1. The Morgan fingerprint density at radius 1 is 1.30 bits per heavy atom. The number of anilines is 1. The van der Waals surface area contributed by atoms with E-state index in [1.54, 1.807) is 0 Å². The van der Waals surface area contributed by atoms with Crippen LogP contribution in [0.1, 0.15) is 17.5 Å². The number of rotatable bonds is 5. The second-order valence-electron chi connectivity index (χ2n) is 4.50. The molecular formula is C15H17N3O2. The van der Waals surface area contributed by atoms with E-state index < -0.39 is 0 Å². The van der Waals surface area contributed by atoms with Crippen LogP contribution in [0.3, 0.4) is 0 Å². The summed E-state index contributed by atoms with van der Waals surface area (Å²) in [6.07, 6.45) is 4.19. The number of amides is 1. The van der Waals surface area contributed by atoms with Crippen LogP contribution in [0.2, 0.25) is 0 Å². The molecule has 20 heavy (non-hydrogen) atoms. The van der Waals surface area contributed by atoms with Crippen LogP contribution in [-0.2, 0) is 11.2 Å². The highest BCUT2D eigenvalue weighted by Crippen LogP contribution is 2.09. The number of aromatic nitrogens is 2. The van der Waals surface area contributed by atoms with Gasteiger partial charge in [-0.2, -0.15) is 0 Å². The fourth-order valence-electron chi connectivity index (χ4n) is 1.84. The Hall–Kier alpha value is -2.43. The fraction of sp³-hybridized carbons (Fsp3) is 0.267. The van der Waals surface area contributed by atoms with Gasteiger partial charge in [0, 0.05) is 6.42 Å². The van der Waals surface area contributed by atoms with Crippen molar-refractivity contribution < 1.29 is 9.53 Å². The van der Waals surface area contributed by atoms with Crippen molar-refractivity contribution in [1.82, 2.24) is 9.97 Å². The molecule has 2 rings (SSSR count). The summed E-state index contributed by atoms with van der Waals surface area (Å²) in [6.45, 7) is 2.04. The topological polar surface area (TPSA) is 64.1 Å². The highest BCUT2D eigenvalue weighted by atomic mass is 16.5. The van der Waals surface area contributed by atoms with Crippen LogP contribution >= 0.6 is 0 Å². The highest BCUT2D eigenvalue weighted by Gasteiger charge is 2.04. The molecule has 0 saturated heterocycles. The Balaban J connectivity index is 1.85. The van der Waals surface area contributed by atoms with E-state index in [9.17, 15) is 4.79 Å². The lowest BCUT2D eigenvalue weighted by molar-refractivity contribution is -0.116. The minimum atomic E-state index is -0.0553. The number of ether oxygens (including phenoxy) is 1. The summed E-state index contributed by atoms with van der Waals surface area (Å²) in [5.74, 6) is -0.0553. The molecule has 104 valence electrons. The predicted molar refractivity (Wildman–Crippen MR) is 76.7 cm³/mol. The molecule has 0 radical (unpaired) electrons. The summed E-state index contributed by atoms with van der Waals surface area (Å²) in [4.78, 5) is 19.7. The molecule has 0 aliphatic heterocycles. The summed E-state index contributed by atoms with van der Waals surface area (Å²) < 4.78 is 4.86. The van der Waals surface area contributed by atoms with Gasteiger partial charge >= 0.3 is 6.01 Å². The average Bonchev–Trinajstić information content (AvgIpc) is 2.46. The van der Waals surface area contributed by atoms with E-state index in [-0.39, 0.29) is 11.9 Å². The lowest BCUT2D eigenvalue weighted by atomic mass is 10.1. The van der Waals surface area contributed by atoms with Crippen molar-refractivity contribution in [2.45, 2.75) is 19.8 Å². The minimum Gasteiger partial charge on any atom is -0.467 e. The van der Waals surface area contributed by atoms with Crippen molar-refractivity contribution in [1.29, 1.82) is 0 Å². The first-order valence-corrected chi connectivity index (χ1v) is 6.39. The molecule has 1 heterocycles. The number of benzene rings is 1. The maximum atomic E-state index is 11.8. The lowest BCUT2D eigenvalue weighted by Crippen LogP contribution is -2.12. The highest BCUT2D eigenvalue weighted by molar-refractivity contribution is 5.90. The normalized spacial score (nSPS) is 10.1. The Morgan fingerprint density at radius 3 is 2.70 bits per heavy atom. The predicted octanol–water partition coefficient (Wildman–Crippen LogP) is 2.36. The first-order chi connectivity index (χ1) is 9.67. The van der Waals surface area contributed by atoms with Crippen molar-refractivity contribution in [2.75, 3.05) is 12.4 Å². The van der Waals surface area contributed by atoms with Gasteiger partial charge in [0.2, 0.25) is 5.91 Å². The molecule has 0 atom stereocenters. The Labute approximate surface area is 118 Å². The van der Waals surface area contributed by atoms with Crippen LogP contribution in [0, 0.1) is 6.92 Å². The average molecular weight is 271 g/mol. The van der Waals surface area contributed by atoms with Gasteiger partial charge < -0.3 is 10.1 Å². The summed E-state index contributed by atoms with van der Waals surface area (Å²) >= 11 is 0. The second-order valence-corrected chi connectivity index (χ2v) is 4.50. The molecule has 0 unspecified atom stereocenters. The maximum Gasteiger partial charge on any atom is 0.316 e. The molecule has 1 aromatic heterocycles. The number of nitrogens with one attached hydrogen (secondary N) is 1.